The minimum atomic E-state index is -1.08. The van der Waals surface area contributed by atoms with Crippen LogP contribution >= 0.6 is 0 Å². The van der Waals surface area contributed by atoms with Gasteiger partial charge in [-0.05, 0) is 32.9 Å². The van der Waals surface area contributed by atoms with E-state index in [1.54, 1.807) is 0 Å². The number of hydrazine groups is 1. The van der Waals surface area contributed by atoms with Crippen LogP contribution in [-0.2, 0) is 0 Å². The SMILES string of the molecule is CC(C)(C)NNc1ncnc(Nc2ccc(F)c(F)c2)c1[N+](=O)[O-]. The third-order valence-corrected chi connectivity index (χ3v) is 2.74. The van der Waals surface area contributed by atoms with Crippen LogP contribution in [0.1, 0.15) is 20.8 Å². The van der Waals surface area contributed by atoms with Crippen LogP contribution < -0.4 is 16.2 Å². The zero-order valence-corrected chi connectivity index (χ0v) is 13.2. The van der Waals surface area contributed by atoms with Crippen molar-refractivity contribution < 1.29 is 13.7 Å². The Balaban J connectivity index is 2.35. The van der Waals surface area contributed by atoms with E-state index in [9.17, 15) is 18.9 Å². The van der Waals surface area contributed by atoms with Gasteiger partial charge in [0.15, 0.2) is 11.6 Å². The summed E-state index contributed by atoms with van der Waals surface area (Å²) in [7, 11) is 0. The van der Waals surface area contributed by atoms with Crippen molar-refractivity contribution in [2.45, 2.75) is 26.3 Å². The maximum absolute atomic E-state index is 13.3. The van der Waals surface area contributed by atoms with Crippen molar-refractivity contribution in [3.05, 3.63) is 46.3 Å². The average Bonchev–Trinajstić information content (AvgIpc) is 2.48. The lowest BCUT2D eigenvalue weighted by molar-refractivity contribution is -0.383. The molecule has 0 saturated heterocycles. The zero-order valence-electron chi connectivity index (χ0n) is 13.2. The molecule has 8 nitrogen and oxygen atoms in total. The van der Waals surface area contributed by atoms with Crippen LogP contribution in [0.4, 0.5) is 31.8 Å². The van der Waals surface area contributed by atoms with Gasteiger partial charge in [0, 0.05) is 17.3 Å². The van der Waals surface area contributed by atoms with Crippen LogP contribution in [0, 0.1) is 21.7 Å². The summed E-state index contributed by atoms with van der Waals surface area (Å²) in [5, 5.41) is 14.0. The molecule has 0 bridgehead atoms. The smallest absolute Gasteiger partial charge is 0.334 e. The first kappa shape index (κ1) is 17.5. The predicted molar refractivity (Wildman–Crippen MR) is 84.8 cm³/mol. The molecule has 0 atom stereocenters. The van der Waals surface area contributed by atoms with Crippen molar-refractivity contribution in [3.8, 4) is 0 Å². The summed E-state index contributed by atoms with van der Waals surface area (Å²) in [6.07, 6.45) is 1.11. The fourth-order valence-corrected chi connectivity index (χ4v) is 1.69. The topological polar surface area (TPSA) is 105 Å². The summed E-state index contributed by atoms with van der Waals surface area (Å²) in [5.41, 5.74) is 4.84. The lowest BCUT2D eigenvalue weighted by Gasteiger charge is -2.21. The summed E-state index contributed by atoms with van der Waals surface area (Å²) in [4.78, 5) is 18.3. The standard InChI is InChI=1S/C14H16F2N6O2/c1-14(2,3)21-20-13-11(22(23)24)12(17-7-18-13)19-8-4-5-9(15)10(16)6-8/h4-7,21H,1-3H3,(H2,17,18,19,20). The van der Waals surface area contributed by atoms with E-state index in [4.69, 9.17) is 0 Å². The van der Waals surface area contributed by atoms with Gasteiger partial charge in [-0.3, -0.25) is 15.5 Å². The van der Waals surface area contributed by atoms with Gasteiger partial charge in [0.1, 0.15) is 6.33 Å². The lowest BCUT2D eigenvalue weighted by atomic mass is 10.1. The summed E-state index contributed by atoms with van der Waals surface area (Å²) in [6.45, 7) is 5.56. The summed E-state index contributed by atoms with van der Waals surface area (Å²) in [6, 6.07) is 3.03. The number of hydrogen-bond acceptors (Lipinski definition) is 7. The molecule has 0 radical (unpaired) electrons. The van der Waals surface area contributed by atoms with E-state index >= 15 is 0 Å². The lowest BCUT2D eigenvalue weighted by Crippen LogP contribution is -2.40. The number of halogens is 2. The maximum atomic E-state index is 13.3. The molecule has 10 heteroatoms. The van der Waals surface area contributed by atoms with Crippen molar-refractivity contribution in [2.24, 2.45) is 0 Å². The van der Waals surface area contributed by atoms with E-state index in [-0.39, 0.29) is 22.9 Å². The second-order valence-electron chi connectivity index (χ2n) is 5.93. The number of anilines is 3. The monoisotopic (exact) mass is 338 g/mol. The van der Waals surface area contributed by atoms with Gasteiger partial charge in [-0.2, -0.15) is 0 Å². The number of aromatic nitrogens is 2. The number of rotatable bonds is 5. The molecular formula is C14H16F2N6O2. The molecule has 24 heavy (non-hydrogen) atoms. The molecule has 0 spiro atoms. The van der Waals surface area contributed by atoms with Crippen LogP contribution in [0.2, 0.25) is 0 Å². The van der Waals surface area contributed by atoms with Gasteiger partial charge in [0.05, 0.1) is 4.92 Å². The minimum Gasteiger partial charge on any atom is -0.334 e. The summed E-state index contributed by atoms with van der Waals surface area (Å²) < 4.78 is 26.2. The van der Waals surface area contributed by atoms with Crippen molar-refractivity contribution in [3.63, 3.8) is 0 Å². The first-order chi connectivity index (χ1) is 11.2. The van der Waals surface area contributed by atoms with Crippen LogP contribution in [-0.4, -0.2) is 20.4 Å². The molecule has 1 aromatic carbocycles. The van der Waals surface area contributed by atoms with E-state index in [1.807, 2.05) is 20.8 Å². The maximum Gasteiger partial charge on any atom is 0.354 e. The molecular weight excluding hydrogens is 322 g/mol. The fraction of sp³-hybridized carbons (Fsp3) is 0.286. The van der Waals surface area contributed by atoms with E-state index in [0.717, 1.165) is 18.5 Å². The number of nitrogens with zero attached hydrogens (tertiary/aromatic N) is 3. The number of nitrogens with one attached hydrogen (secondary N) is 3. The second-order valence-corrected chi connectivity index (χ2v) is 5.93. The molecule has 3 N–H and O–H groups in total. The Labute approximate surface area is 136 Å². The Morgan fingerprint density at radius 3 is 2.38 bits per heavy atom. The van der Waals surface area contributed by atoms with Crippen molar-refractivity contribution in [1.29, 1.82) is 0 Å². The van der Waals surface area contributed by atoms with Gasteiger partial charge in [-0.25, -0.2) is 24.2 Å². The van der Waals surface area contributed by atoms with E-state index < -0.39 is 22.2 Å². The number of nitro groups is 1. The molecule has 0 amide bonds. The van der Waals surface area contributed by atoms with Crippen LogP contribution in [0.25, 0.3) is 0 Å². The Kier molecular flexibility index (Phi) is 4.88. The molecule has 1 heterocycles. The number of benzene rings is 1. The Morgan fingerprint density at radius 2 is 1.79 bits per heavy atom. The zero-order chi connectivity index (χ0) is 17.9. The number of hydrogen-bond donors (Lipinski definition) is 3. The Hall–Kier alpha value is -2.88. The predicted octanol–water partition coefficient (Wildman–Crippen LogP) is 3.12. The summed E-state index contributed by atoms with van der Waals surface area (Å²) in [5.74, 6) is -2.31. The molecule has 0 aliphatic heterocycles. The van der Waals surface area contributed by atoms with Crippen molar-refractivity contribution >= 4 is 23.0 Å². The highest BCUT2D eigenvalue weighted by atomic mass is 19.2. The van der Waals surface area contributed by atoms with E-state index in [0.29, 0.717) is 0 Å². The average molecular weight is 338 g/mol. The van der Waals surface area contributed by atoms with Crippen LogP contribution in [0.3, 0.4) is 0 Å². The third kappa shape index (κ3) is 4.32. The van der Waals surface area contributed by atoms with Gasteiger partial charge in [-0.15, -0.1) is 0 Å². The van der Waals surface area contributed by atoms with Crippen LogP contribution in [0.5, 0.6) is 0 Å². The Bertz CT molecular complexity index is 763. The highest BCUT2D eigenvalue weighted by Gasteiger charge is 2.24. The molecule has 2 aromatic rings. The first-order valence-corrected chi connectivity index (χ1v) is 6.92. The fourth-order valence-electron chi connectivity index (χ4n) is 1.69. The molecule has 2 rings (SSSR count). The van der Waals surface area contributed by atoms with Crippen molar-refractivity contribution in [1.82, 2.24) is 15.4 Å². The highest BCUT2D eigenvalue weighted by Crippen LogP contribution is 2.31. The summed E-state index contributed by atoms with van der Waals surface area (Å²) >= 11 is 0. The first-order valence-electron chi connectivity index (χ1n) is 6.92. The molecule has 0 saturated carbocycles. The van der Waals surface area contributed by atoms with Crippen LogP contribution in [0.15, 0.2) is 24.5 Å². The third-order valence-electron chi connectivity index (χ3n) is 2.74. The molecule has 0 unspecified atom stereocenters. The van der Waals surface area contributed by atoms with Crippen molar-refractivity contribution in [2.75, 3.05) is 10.7 Å². The van der Waals surface area contributed by atoms with Gasteiger partial charge in [-0.1, -0.05) is 0 Å². The van der Waals surface area contributed by atoms with Gasteiger partial charge in [0.25, 0.3) is 0 Å². The second kappa shape index (κ2) is 6.71. The van der Waals surface area contributed by atoms with Gasteiger partial charge in [0.2, 0.25) is 11.6 Å². The van der Waals surface area contributed by atoms with Gasteiger partial charge >= 0.3 is 5.69 Å². The molecule has 0 aliphatic carbocycles. The van der Waals surface area contributed by atoms with Gasteiger partial charge < -0.3 is 5.32 Å². The molecule has 128 valence electrons. The Morgan fingerprint density at radius 1 is 1.12 bits per heavy atom. The quantitative estimate of drug-likeness (QED) is 0.568. The van der Waals surface area contributed by atoms with E-state index in [1.165, 1.54) is 6.07 Å². The minimum absolute atomic E-state index is 0.0602. The normalized spacial score (nSPS) is 11.2. The molecule has 1 aromatic heterocycles. The largest absolute Gasteiger partial charge is 0.354 e. The molecule has 0 aliphatic rings. The van der Waals surface area contributed by atoms with E-state index in [2.05, 4.69) is 26.1 Å². The highest BCUT2D eigenvalue weighted by molar-refractivity contribution is 5.73. The molecule has 0 fully saturated rings.